The maximum absolute atomic E-state index is 8.74. The van der Waals surface area contributed by atoms with Gasteiger partial charge in [-0.15, -0.1) is 12.4 Å². The van der Waals surface area contributed by atoms with E-state index in [1.54, 1.807) is 0 Å². The second-order valence-corrected chi connectivity index (χ2v) is 1.69. The van der Waals surface area contributed by atoms with E-state index >= 15 is 0 Å². The molecule has 0 aromatic carbocycles. The Labute approximate surface area is 63.5 Å². The molecule has 0 aromatic rings. The first-order valence-corrected chi connectivity index (χ1v) is 2.87. The fourth-order valence-electron chi connectivity index (χ4n) is 0. The second kappa shape index (κ2) is 7.21. The standard InChI is InChI=1S/BH3O3.ClH.H2O4S/c2-1(3)4;;1-5(2,3)4/h2-4H;1H;(H2,1,2,3,4). The second-order valence-electron chi connectivity index (χ2n) is 0.794. The highest BCUT2D eigenvalue weighted by atomic mass is 35.5. The third kappa shape index (κ3) is 37200. The van der Waals surface area contributed by atoms with E-state index in [0.29, 0.717) is 0 Å². The molecule has 0 aromatic heterocycles. The Bertz CT molecular complexity index is 125. The molecule has 0 bridgehead atoms. The van der Waals surface area contributed by atoms with Gasteiger partial charge in [0.1, 0.15) is 0 Å². The predicted octanol–water partition coefficient (Wildman–Crippen LogP) is -2.28. The molecule has 0 aliphatic heterocycles. The summed E-state index contributed by atoms with van der Waals surface area (Å²) in [4.78, 5) is 0. The van der Waals surface area contributed by atoms with Gasteiger partial charge in [0.2, 0.25) is 0 Å². The molecule has 5 N–H and O–H groups in total. The van der Waals surface area contributed by atoms with Crippen molar-refractivity contribution in [1.82, 2.24) is 0 Å². The summed E-state index contributed by atoms with van der Waals surface area (Å²) in [6, 6.07) is 0. The molecule has 0 heterocycles. The van der Waals surface area contributed by atoms with Crippen LogP contribution in [0.3, 0.4) is 0 Å². The monoisotopic (exact) mass is 196 g/mol. The van der Waals surface area contributed by atoms with Crippen molar-refractivity contribution < 1.29 is 32.6 Å². The fourth-order valence-corrected chi connectivity index (χ4v) is 0. The van der Waals surface area contributed by atoms with Crippen LogP contribution in [0.2, 0.25) is 0 Å². The Morgan fingerprint density at radius 3 is 1.00 bits per heavy atom. The van der Waals surface area contributed by atoms with Gasteiger partial charge in [0.25, 0.3) is 0 Å². The van der Waals surface area contributed by atoms with Crippen LogP contribution in [0.1, 0.15) is 0 Å². The summed E-state index contributed by atoms with van der Waals surface area (Å²) in [6.45, 7) is 0. The molecular weight excluding hydrogens is 190 g/mol. The third-order valence-corrected chi connectivity index (χ3v) is 0. The van der Waals surface area contributed by atoms with Crippen LogP contribution >= 0.6 is 12.4 Å². The zero-order valence-electron chi connectivity index (χ0n) is 4.45. The first kappa shape index (κ1) is 16.6. The average molecular weight is 196 g/mol. The summed E-state index contributed by atoms with van der Waals surface area (Å²) in [5.41, 5.74) is 0. The SMILES string of the molecule is Cl.O=S(=O)(O)O.OB(O)O. The third-order valence-electron chi connectivity index (χ3n) is 0. The van der Waals surface area contributed by atoms with Crippen LogP contribution in [0.5, 0.6) is 0 Å². The molecule has 0 rings (SSSR count). The largest absolute Gasteiger partial charge is 0.631 e. The maximum Gasteiger partial charge on any atom is 0.631 e. The molecule has 0 aliphatic rings. The normalized spacial score (nSPS) is 8.50. The summed E-state index contributed by atoms with van der Waals surface area (Å²) in [6.07, 6.45) is 0. The molecule has 0 fully saturated rings. The molecule has 0 aliphatic carbocycles. The van der Waals surface area contributed by atoms with Gasteiger partial charge in [0.05, 0.1) is 0 Å². The van der Waals surface area contributed by atoms with E-state index in [1.165, 1.54) is 0 Å². The predicted molar refractivity (Wildman–Crippen MR) is 33.8 cm³/mol. The highest BCUT2D eigenvalue weighted by Crippen LogP contribution is 1.59. The van der Waals surface area contributed by atoms with E-state index in [4.69, 9.17) is 32.6 Å². The lowest BCUT2D eigenvalue weighted by atomic mass is 10.3. The van der Waals surface area contributed by atoms with Crippen LogP contribution in [-0.2, 0) is 10.4 Å². The van der Waals surface area contributed by atoms with Crippen molar-refractivity contribution >= 4 is 30.1 Å². The Morgan fingerprint density at radius 1 is 1.00 bits per heavy atom. The van der Waals surface area contributed by atoms with Gasteiger partial charge in [-0.3, -0.25) is 9.11 Å². The molecular formula is H6BClO7S. The molecule has 0 atom stereocenters. The molecule has 10 heavy (non-hydrogen) atoms. The van der Waals surface area contributed by atoms with Gasteiger partial charge in [-0.05, 0) is 0 Å². The number of rotatable bonds is 0. The van der Waals surface area contributed by atoms with Gasteiger partial charge in [0, 0.05) is 0 Å². The first-order valence-electron chi connectivity index (χ1n) is 1.47. The Balaban J connectivity index is -0.0000000910. The quantitative estimate of drug-likeness (QED) is 0.217. The van der Waals surface area contributed by atoms with Crippen LogP contribution in [0.25, 0.3) is 0 Å². The molecule has 0 radical (unpaired) electrons. The Kier molecular flexibility index (Phi) is 12.0. The van der Waals surface area contributed by atoms with Crippen LogP contribution in [0.4, 0.5) is 0 Å². The van der Waals surface area contributed by atoms with E-state index in [9.17, 15) is 0 Å². The lowest BCUT2D eigenvalue weighted by molar-refractivity contribution is 0.278. The molecule has 0 saturated carbocycles. The summed E-state index contributed by atoms with van der Waals surface area (Å²) in [5.74, 6) is 0. The van der Waals surface area contributed by atoms with Crippen molar-refractivity contribution in [3.63, 3.8) is 0 Å². The van der Waals surface area contributed by atoms with E-state index < -0.39 is 17.7 Å². The molecule has 0 spiro atoms. The van der Waals surface area contributed by atoms with Crippen molar-refractivity contribution in [2.24, 2.45) is 0 Å². The van der Waals surface area contributed by atoms with Gasteiger partial charge < -0.3 is 15.1 Å². The van der Waals surface area contributed by atoms with Crippen LogP contribution in [0, 0.1) is 0 Å². The number of hydrogen-bond donors (Lipinski definition) is 5. The minimum Gasteiger partial charge on any atom is -0.402 e. The van der Waals surface area contributed by atoms with Crippen molar-refractivity contribution in [1.29, 1.82) is 0 Å². The molecule has 7 nitrogen and oxygen atoms in total. The van der Waals surface area contributed by atoms with E-state index in [0.717, 1.165) is 0 Å². The molecule has 0 unspecified atom stereocenters. The Morgan fingerprint density at radius 2 is 1.00 bits per heavy atom. The van der Waals surface area contributed by atoms with Gasteiger partial charge >= 0.3 is 17.7 Å². The van der Waals surface area contributed by atoms with Gasteiger partial charge in [0.15, 0.2) is 0 Å². The minimum absolute atomic E-state index is 0. The lowest BCUT2D eigenvalue weighted by Gasteiger charge is -1.69. The van der Waals surface area contributed by atoms with Crippen molar-refractivity contribution in [3.05, 3.63) is 0 Å². The summed E-state index contributed by atoms with van der Waals surface area (Å²) in [5, 5.41) is 21.5. The number of halogens is 1. The molecule has 10 heteroatoms. The van der Waals surface area contributed by atoms with E-state index in [-0.39, 0.29) is 12.4 Å². The zero-order valence-corrected chi connectivity index (χ0v) is 6.08. The van der Waals surface area contributed by atoms with Gasteiger partial charge in [-0.2, -0.15) is 8.42 Å². The van der Waals surface area contributed by atoms with E-state index in [1.807, 2.05) is 0 Å². The minimum atomic E-state index is -4.67. The smallest absolute Gasteiger partial charge is 0.402 e. The summed E-state index contributed by atoms with van der Waals surface area (Å²) >= 11 is 0. The fraction of sp³-hybridized carbons (Fsp3) is 0. The van der Waals surface area contributed by atoms with Crippen LogP contribution < -0.4 is 0 Å². The van der Waals surface area contributed by atoms with Crippen molar-refractivity contribution in [2.45, 2.75) is 0 Å². The van der Waals surface area contributed by atoms with E-state index in [2.05, 4.69) is 0 Å². The summed E-state index contributed by atoms with van der Waals surface area (Å²) < 4.78 is 31.6. The molecule has 0 saturated heterocycles. The lowest BCUT2D eigenvalue weighted by Crippen LogP contribution is -2.07. The van der Waals surface area contributed by atoms with Gasteiger partial charge in [-0.1, -0.05) is 0 Å². The maximum atomic E-state index is 8.74. The first-order chi connectivity index (χ1) is 3.73. The average Bonchev–Trinajstić information content (AvgIpc) is 1.19. The molecule has 0 amide bonds. The Hall–Kier alpha value is 0.105. The molecule has 64 valence electrons. The van der Waals surface area contributed by atoms with Crippen molar-refractivity contribution in [3.8, 4) is 0 Å². The van der Waals surface area contributed by atoms with Crippen LogP contribution in [0.15, 0.2) is 0 Å². The zero-order chi connectivity index (χ0) is 8.08. The summed E-state index contributed by atoms with van der Waals surface area (Å²) in [7, 11) is -6.83. The van der Waals surface area contributed by atoms with Gasteiger partial charge in [-0.25, -0.2) is 0 Å². The highest BCUT2D eigenvalue weighted by Gasteiger charge is 1.92. The number of hydrogen-bond acceptors (Lipinski definition) is 5. The highest BCUT2D eigenvalue weighted by molar-refractivity contribution is 7.79. The topological polar surface area (TPSA) is 135 Å². The van der Waals surface area contributed by atoms with Crippen molar-refractivity contribution in [2.75, 3.05) is 0 Å². The van der Waals surface area contributed by atoms with Crippen LogP contribution in [-0.4, -0.2) is 39.9 Å².